The maximum atomic E-state index is 15.0. The molecule has 1 aromatic carbocycles. The van der Waals surface area contributed by atoms with E-state index in [2.05, 4.69) is 15.7 Å². The Kier molecular flexibility index (Phi) is 6.22. The predicted molar refractivity (Wildman–Crippen MR) is 115 cm³/mol. The van der Waals surface area contributed by atoms with E-state index in [4.69, 9.17) is 27.2 Å². The standard InChI is InChI=1S/C20H24ClFN6O4/c21-13-2-3-14-15(16(13)22)20(32-19(31)26-14)4-1-7-27(11-20)18(30)12-10-25-28(17(12)23)8-5-24-6-9-29/h2-3,10,24,29H,1,4-9,11,23H2,(H,26,31)/t20-/m0/s1. The lowest BCUT2D eigenvalue weighted by Crippen LogP contribution is -2.53. The molecule has 2 aliphatic heterocycles. The van der Waals surface area contributed by atoms with Crippen LogP contribution in [0.2, 0.25) is 5.02 Å². The molecule has 1 aromatic heterocycles. The normalized spacial score (nSPS) is 20.1. The molecule has 0 saturated carbocycles. The number of rotatable bonds is 6. The number of aromatic nitrogens is 2. The summed E-state index contributed by atoms with van der Waals surface area (Å²) in [4.78, 5) is 26.9. The molecule has 1 saturated heterocycles. The second-order valence-corrected chi connectivity index (χ2v) is 8.17. The van der Waals surface area contributed by atoms with Crippen LogP contribution < -0.4 is 16.4 Å². The molecule has 5 N–H and O–H groups in total. The number of fused-ring (bicyclic) bond motifs is 2. The molecule has 1 spiro atoms. The lowest BCUT2D eigenvalue weighted by molar-refractivity contribution is -0.0418. The maximum Gasteiger partial charge on any atom is 0.412 e. The molecule has 0 radical (unpaired) electrons. The average Bonchev–Trinajstić information content (AvgIpc) is 3.13. The van der Waals surface area contributed by atoms with Gasteiger partial charge in [-0.1, -0.05) is 11.6 Å². The van der Waals surface area contributed by atoms with Gasteiger partial charge in [0.15, 0.2) is 11.4 Å². The zero-order valence-corrected chi connectivity index (χ0v) is 18.0. The van der Waals surface area contributed by atoms with Crippen LogP contribution in [0.1, 0.15) is 28.8 Å². The van der Waals surface area contributed by atoms with Crippen molar-refractivity contribution in [3.05, 3.63) is 40.3 Å². The molecular formula is C20H24ClFN6O4. The number of aliphatic hydroxyl groups is 1. The number of nitrogens with one attached hydrogen (secondary N) is 2. The second kappa shape index (κ2) is 8.93. The van der Waals surface area contributed by atoms with Crippen LogP contribution in [0.3, 0.4) is 0 Å². The van der Waals surface area contributed by atoms with E-state index in [1.165, 1.54) is 27.9 Å². The molecular weight excluding hydrogens is 443 g/mol. The number of amides is 2. The molecule has 0 bridgehead atoms. The van der Waals surface area contributed by atoms with Crippen LogP contribution in [0.25, 0.3) is 0 Å². The van der Waals surface area contributed by atoms with Crippen molar-refractivity contribution in [2.45, 2.75) is 25.0 Å². The van der Waals surface area contributed by atoms with E-state index in [9.17, 15) is 9.59 Å². The van der Waals surface area contributed by atoms with Crippen LogP contribution in [0.15, 0.2) is 18.3 Å². The van der Waals surface area contributed by atoms with E-state index < -0.39 is 17.5 Å². The highest BCUT2D eigenvalue weighted by atomic mass is 35.5. The zero-order valence-electron chi connectivity index (χ0n) is 17.2. The molecule has 12 heteroatoms. The number of nitrogen functional groups attached to an aromatic ring is 1. The quantitative estimate of drug-likeness (QED) is 0.474. The molecule has 0 unspecified atom stereocenters. The summed E-state index contributed by atoms with van der Waals surface area (Å²) < 4.78 is 22.1. The Morgan fingerprint density at radius 2 is 2.25 bits per heavy atom. The minimum absolute atomic E-state index is 0.0179. The molecule has 3 heterocycles. The van der Waals surface area contributed by atoms with E-state index >= 15 is 4.39 Å². The van der Waals surface area contributed by atoms with Crippen LogP contribution in [-0.4, -0.2) is 64.6 Å². The third-order valence-electron chi connectivity index (χ3n) is 5.72. The molecule has 2 amide bonds. The van der Waals surface area contributed by atoms with Gasteiger partial charge in [-0.15, -0.1) is 0 Å². The van der Waals surface area contributed by atoms with E-state index in [0.717, 1.165) is 0 Å². The molecule has 32 heavy (non-hydrogen) atoms. The minimum Gasteiger partial charge on any atom is -0.436 e. The molecule has 10 nitrogen and oxygen atoms in total. The number of nitrogens with zero attached hydrogens (tertiary/aromatic N) is 3. The number of nitrogens with two attached hydrogens (primary N) is 1. The van der Waals surface area contributed by atoms with Crippen LogP contribution in [0.4, 0.5) is 20.7 Å². The number of halogens is 2. The second-order valence-electron chi connectivity index (χ2n) is 7.76. The highest BCUT2D eigenvalue weighted by Crippen LogP contribution is 2.45. The number of anilines is 2. The van der Waals surface area contributed by atoms with Gasteiger partial charge in [-0.05, 0) is 25.0 Å². The molecule has 2 aromatic rings. The smallest absolute Gasteiger partial charge is 0.412 e. The Morgan fingerprint density at radius 1 is 1.44 bits per heavy atom. The van der Waals surface area contributed by atoms with Crippen molar-refractivity contribution in [3.8, 4) is 0 Å². The Hall–Kier alpha value is -2.89. The predicted octanol–water partition coefficient (Wildman–Crippen LogP) is 1.53. The minimum atomic E-state index is -1.35. The van der Waals surface area contributed by atoms with Gasteiger partial charge in [0.1, 0.15) is 11.4 Å². The molecule has 1 atom stereocenters. The van der Waals surface area contributed by atoms with Gasteiger partial charge in [-0.2, -0.15) is 5.10 Å². The van der Waals surface area contributed by atoms with Gasteiger partial charge in [0, 0.05) is 19.6 Å². The lowest BCUT2D eigenvalue weighted by Gasteiger charge is -2.45. The summed E-state index contributed by atoms with van der Waals surface area (Å²) >= 11 is 5.99. The molecule has 0 aliphatic carbocycles. The highest BCUT2D eigenvalue weighted by molar-refractivity contribution is 6.31. The van der Waals surface area contributed by atoms with Gasteiger partial charge in [0.2, 0.25) is 0 Å². The van der Waals surface area contributed by atoms with Crippen LogP contribution in [0, 0.1) is 5.82 Å². The van der Waals surface area contributed by atoms with Crippen molar-refractivity contribution in [1.82, 2.24) is 20.0 Å². The zero-order chi connectivity index (χ0) is 22.9. The first-order valence-corrected chi connectivity index (χ1v) is 10.6. The van der Waals surface area contributed by atoms with Gasteiger partial charge in [-0.3, -0.25) is 10.1 Å². The number of hydrogen-bond donors (Lipinski definition) is 4. The van der Waals surface area contributed by atoms with Crippen molar-refractivity contribution >= 4 is 35.1 Å². The van der Waals surface area contributed by atoms with E-state index in [1.54, 1.807) is 0 Å². The van der Waals surface area contributed by atoms with Gasteiger partial charge in [0.25, 0.3) is 5.91 Å². The summed E-state index contributed by atoms with van der Waals surface area (Å²) in [7, 11) is 0. The number of aliphatic hydroxyl groups excluding tert-OH is 1. The summed E-state index contributed by atoms with van der Waals surface area (Å²) in [6, 6.07) is 2.89. The van der Waals surface area contributed by atoms with Crippen molar-refractivity contribution in [3.63, 3.8) is 0 Å². The van der Waals surface area contributed by atoms with Crippen LogP contribution in [-0.2, 0) is 16.9 Å². The Morgan fingerprint density at radius 3 is 3.03 bits per heavy atom. The van der Waals surface area contributed by atoms with E-state index in [0.29, 0.717) is 39.0 Å². The molecule has 172 valence electrons. The fourth-order valence-electron chi connectivity index (χ4n) is 4.24. The number of ether oxygens (including phenoxy) is 1. The topological polar surface area (TPSA) is 135 Å². The number of likely N-dealkylation sites (tertiary alicyclic amines) is 1. The van der Waals surface area contributed by atoms with Crippen molar-refractivity contribution < 1.29 is 23.8 Å². The summed E-state index contributed by atoms with van der Waals surface area (Å²) in [5.74, 6) is -0.853. The van der Waals surface area contributed by atoms with Gasteiger partial charge in [0.05, 0.1) is 42.2 Å². The van der Waals surface area contributed by atoms with Gasteiger partial charge < -0.3 is 25.8 Å². The fraction of sp³-hybridized carbons (Fsp3) is 0.450. The SMILES string of the molecule is Nc1c(C(=O)N2CCC[C@@]3(C2)OC(=O)Nc2ccc(Cl)c(F)c23)cnn1CCNCCO. The van der Waals surface area contributed by atoms with Gasteiger partial charge in [-0.25, -0.2) is 13.9 Å². The number of benzene rings is 1. The van der Waals surface area contributed by atoms with E-state index in [-0.39, 0.29) is 46.7 Å². The maximum absolute atomic E-state index is 15.0. The number of hydrogen-bond acceptors (Lipinski definition) is 7. The Bertz CT molecular complexity index is 1050. The van der Waals surface area contributed by atoms with Crippen LogP contribution >= 0.6 is 11.6 Å². The Labute approximate surface area is 188 Å². The first-order valence-electron chi connectivity index (χ1n) is 10.3. The number of piperidine rings is 1. The van der Waals surface area contributed by atoms with E-state index in [1.807, 2.05) is 0 Å². The van der Waals surface area contributed by atoms with Crippen molar-refractivity contribution in [1.29, 1.82) is 0 Å². The third kappa shape index (κ3) is 3.98. The molecule has 2 aliphatic rings. The monoisotopic (exact) mass is 466 g/mol. The van der Waals surface area contributed by atoms with Crippen molar-refractivity contribution in [2.24, 2.45) is 0 Å². The molecule has 1 fully saturated rings. The fourth-order valence-corrected chi connectivity index (χ4v) is 4.40. The summed E-state index contributed by atoms with van der Waals surface area (Å²) in [6.07, 6.45) is 1.52. The number of carbonyl (C=O) groups is 2. The lowest BCUT2D eigenvalue weighted by atomic mass is 9.83. The summed E-state index contributed by atoms with van der Waals surface area (Å²) in [6.45, 7) is 1.76. The number of carbonyl (C=O) groups excluding carboxylic acids is 2. The first kappa shape index (κ1) is 22.3. The van der Waals surface area contributed by atoms with Crippen LogP contribution in [0.5, 0.6) is 0 Å². The average molecular weight is 467 g/mol. The highest BCUT2D eigenvalue weighted by Gasteiger charge is 2.48. The Balaban J connectivity index is 1.58. The van der Waals surface area contributed by atoms with Gasteiger partial charge >= 0.3 is 6.09 Å². The van der Waals surface area contributed by atoms with Crippen molar-refractivity contribution in [2.75, 3.05) is 43.8 Å². The largest absolute Gasteiger partial charge is 0.436 e. The summed E-state index contributed by atoms with van der Waals surface area (Å²) in [5, 5.41) is 18.4. The summed E-state index contributed by atoms with van der Waals surface area (Å²) in [5.41, 5.74) is 5.43. The molecule has 4 rings (SSSR count). The first-order chi connectivity index (χ1) is 15.4. The third-order valence-corrected chi connectivity index (χ3v) is 6.01.